The van der Waals surface area contributed by atoms with E-state index in [1.807, 2.05) is 0 Å². The van der Waals surface area contributed by atoms with Crippen molar-refractivity contribution >= 4 is 18.2 Å². The van der Waals surface area contributed by atoms with Crippen LogP contribution in [0.15, 0.2) is 36.9 Å². The molecule has 1 atom stereocenters. The van der Waals surface area contributed by atoms with Crippen LogP contribution >= 0.6 is 0 Å². The molecule has 6 nitrogen and oxygen atoms in total. The van der Waals surface area contributed by atoms with Crippen LogP contribution in [0.25, 0.3) is 0 Å². The molecule has 118 valence electrons. The van der Waals surface area contributed by atoms with Gasteiger partial charge in [0, 0.05) is 18.1 Å². The Hall–Kier alpha value is -2.63. The van der Waals surface area contributed by atoms with E-state index in [0.29, 0.717) is 11.3 Å². The van der Waals surface area contributed by atoms with Crippen LogP contribution in [0.2, 0.25) is 0 Å². The second-order valence-electron chi connectivity index (χ2n) is 4.30. The van der Waals surface area contributed by atoms with E-state index in [0.717, 1.165) is 12.4 Å². The maximum atomic E-state index is 11.4. The van der Waals surface area contributed by atoms with Crippen LogP contribution in [0.4, 0.5) is 0 Å². The van der Waals surface area contributed by atoms with Crippen LogP contribution < -0.4 is 4.74 Å². The minimum atomic E-state index is -0.720. The predicted molar refractivity (Wildman–Crippen MR) is 78.7 cm³/mol. The summed E-state index contributed by atoms with van der Waals surface area (Å²) in [5, 5.41) is 0. The van der Waals surface area contributed by atoms with Gasteiger partial charge in [0.2, 0.25) is 0 Å². The van der Waals surface area contributed by atoms with Gasteiger partial charge in [0.15, 0.2) is 6.10 Å². The van der Waals surface area contributed by atoms with Gasteiger partial charge in [-0.3, -0.25) is 9.59 Å². The van der Waals surface area contributed by atoms with Gasteiger partial charge in [-0.15, -0.1) is 0 Å². The molecule has 0 aromatic heterocycles. The minimum Gasteiger partial charge on any atom is -0.490 e. The Morgan fingerprint density at radius 1 is 1.23 bits per heavy atom. The lowest BCUT2D eigenvalue weighted by Gasteiger charge is -2.18. The Bertz CT molecular complexity index is 520. The van der Waals surface area contributed by atoms with E-state index in [1.165, 1.54) is 0 Å². The average Bonchev–Trinajstić information content (AvgIpc) is 2.57. The minimum absolute atomic E-state index is 0.0244. The van der Waals surface area contributed by atoms with Crippen LogP contribution in [0.1, 0.15) is 23.7 Å². The van der Waals surface area contributed by atoms with Crippen molar-refractivity contribution < 1.29 is 28.6 Å². The maximum Gasteiger partial charge on any atom is 0.330 e. The normalized spacial score (nSPS) is 11.1. The highest BCUT2D eigenvalue weighted by molar-refractivity contribution is 5.81. The summed E-state index contributed by atoms with van der Waals surface area (Å²) in [7, 11) is 0. The molecule has 0 N–H and O–H groups in total. The Morgan fingerprint density at radius 2 is 1.91 bits per heavy atom. The highest BCUT2D eigenvalue weighted by Crippen LogP contribution is 2.12. The quantitative estimate of drug-likeness (QED) is 0.394. The molecule has 22 heavy (non-hydrogen) atoms. The number of rotatable bonds is 9. The molecule has 0 bridgehead atoms. The first-order valence-electron chi connectivity index (χ1n) is 6.75. The monoisotopic (exact) mass is 306 g/mol. The molecule has 1 aromatic rings. The van der Waals surface area contributed by atoms with Crippen molar-refractivity contribution in [2.24, 2.45) is 0 Å². The molecular formula is C16H18O6. The van der Waals surface area contributed by atoms with E-state index in [9.17, 15) is 14.4 Å². The molecule has 0 spiro atoms. The van der Waals surface area contributed by atoms with Gasteiger partial charge in [-0.05, 0) is 24.3 Å². The maximum absolute atomic E-state index is 11.4. The summed E-state index contributed by atoms with van der Waals surface area (Å²) in [5.74, 6) is -0.509. The SMILES string of the molecule is C=CC(=O)OCC(COc1ccc(C=O)cc1)OC(=O)CC. The summed E-state index contributed by atoms with van der Waals surface area (Å²) in [6.45, 7) is 4.85. The fourth-order valence-corrected chi connectivity index (χ4v) is 1.45. The molecule has 1 unspecified atom stereocenters. The Morgan fingerprint density at radius 3 is 2.45 bits per heavy atom. The third-order valence-corrected chi connectivity index (χ3v) is 2.62. The number of hydrogen-bond acceptors (Lipinski definition) is 6. The predicted octanol–water partition coefficient (Wildman–Crippen LogP) is 1.93. The molecule has 0 aliphatic rings. The van der Waals surface area contributed by atoms with E-state index in [-0.39, 0.29) is 19.6 Å². The van der Waals surface area contributed by atoms with Crippen LogP contribution in [0.5, 0.6) is 5.75 Å². The number of benzene rings is 1. The number of esters is 2. The number of ether oxygens (including phenoxy) is 3. The summed E-state index contributed by atoms with van der Waals surface area (Å²) in [4.78, 5) is 33.0. The molecule has 1 aromatic carbocycles. The lowest BCUT2D eigenvalue weighted by molar-refractivity contribution is -0.158. The van der Waals surface area contributed by atoms with Gasteiger partial charge in [-0.2, -0.15) is 0 Å². The molecule has 1 rings (SSSR count). The van der Waals surface area contributed by atoms with E-state index in [1.54, 1.807) is 31.2 Å². The fourth-order valence-electron chi connectivity index (χ4n) is 1.45. The molecule has 0 amide bonds. The van der Waals surface area contributed by atoms with Gasteiger partial charge < -0.3 is 14.2 Å². The molecule has 0 radical (unpaired) electrons. The third-order valence-electron chi connectivity index (χ3n) is 2.62. The first-order chi connectivity index (χ1) is 10.6. The van der Waals surface area contributed by atoms with Crippen molar-refractivity contribution in [2.45, 2.75) is 19.4 Å². The summed E-state index contributed by atoms with van der Waals surface area (Å²) < 4.78 is 15.5. The molecule has 0 fully saturated rings. The Labute approximate surface area is 128 Å². The van der Waals surface area contributed by atoms with Crippen LogP contribution in [0, 0.1) is 0 Å². The van der Waals surface area contributed by atoms with Gasteiger partial charge >= 0.3 is 11.9 Å². The van der Waals surface area contributed by atoms with E-state index < -0.39 is 18.0 Å². The fraction of sp³-hybridized carbons (Fsp3) is 0.312. The number of aldehydes is 1. The zero-order valence-corrected chi connectivity index (χ0v) is 12.3. The van der Waals surface area contributed by atoms with Crippen LogP contribution in [-0.2, 0) is 19.1 Å². The number of hydrogen-bond donors (Lipinski definition) is 0. The van der Waals surface area contributed by atoms with Gasteiger partial charge in [0.05, 0.1) is 0 Å². The first-order valence-corrected chi connectivity index (χ1v) is 6.75. The highest BCUT2D eigenvalue weighted by Gasteiger charge is 2.16. The molecule has 0 saturated carbocycles. The van der Waals surface area contributed by atoms with Crippen LogP contribution in [-0.4, -0.2) is 37.5 Å². The van der Waals surface area contributed by atoms with Crippen LogP contribution in [0.3, 0.4) is 0 Å². The van der Waals surface area contributed by atoms with Crippen molar-refractivity contribution in [3.05, 3.63) is 42.5 Å². The average molecular weight is 306 g/mol. The summed E-state index contributed by atoms with van der Waals surface area (Å²) in [5.41, 5.74) is 0.529. The van der Waals surface area contributed by atoms with Gasteiger partial charge in [-0.25, -0.2) is 4.79 Å². The smallest absolute Gasteiger partial charge is 0.330 e. The molecule has 0 aliphatic carbocycles. The van der Waals surface area contributed by atoms with E-state index in [4.69, 9.17) is 14.2 Å². The third kappa shape index (κ3) is 6.21. The van der Waals surface area contributed by atoms with Gasteiger partial charge in [0.25, 0.3) is 0 Å². The zero-order valence-electron chi connectivity index (χ0n) is 12.3. The lowest BCUT2D eigenvalue weighted by Crippen LogP contribution is -2.30. The van der Waals surface area contributed by atoms with E-state index in [2.05, 4.69) is 6.58 Å². The number of carbonyl (C=O) groups is 3. The Kier molecular flexibility index (Phi) is 7.39. The van der Waals surface area contributed by atoms with Gasteiger partial charge in [-0.1, -0.05) is 13.5 Å². The second kappa shape index (κ2) is 9.33. The summed E-state index contributed by atoms with van der Waals surface area (Å²) in [6, 6.07) is 6.45. The topological polar surface area (TPSA) is 78.9 Å². The van der Waals surface area contributed by atoms with Gasteiger partial charge in [0.1, 0.15) is 25.2 Å². The molecule has 6 heteroatoms. The molecule has 0 saturated heterocycles. The molecule has 0 heterocycles. The Balaban J connectivity index is 2.57. The van der Waals surface area contributed by atoms with Crippen molar-refractivity contribution in [1.82, 2.24) is 0 Å². The first kappa shape index (κ1) is 17.4. The van der Waals surface area contributed by atoms with E-state index >= 15 is 0 Å². The zero-order chi connectivity index (χ0) is 16.4. The molecular weight excluding hydrogens is 288 g/mol. The number of carbonyl (C=O) groups excluding carboxylic acids is 3. The lowest BCUT2D eigenvalue weighted by atomic mass is 10.2. The van der Waals surface area contributed by atoms with Crippen molar-refractivity contribution in [2.75, 3.05) is 13.2 Å². The standard InChI is InChI=1S/C16H18O6/c1-3-15(18)21-11-14(22-16(19)4-2)10-20-13-7-5-12(9-17)6-8-13/h3,5-9,14H,1,4,10-11H2,2H3. The summed E-state index contributed by atoms with van der Waals surface area (Å²) >= 11 is 0. The second-order valence-corrected chi connectivity index (χ2v) is 4.30. The highest BCUT2D eigenvalue weighted by atomic mass is 16.6. The van der Waals surface area contributed by atoms with Crippen molar-refractivity contribution in [3.63, 3.8) is 0 Å². The van der Waals surface area contributed by atoms with Crippen molar-refractivity contribution in [1.29, 1.82) is 0 Å². The molecule has 0 aliphatic heterocycles. The summed E-state index contributed by atoms with van der Waals surface area (Å²) in [6.07, 6.45) is 1.24. The largest absolute Gasteiger partial charge is 0.490 e. The van der Waals surface area contributed by atoms with Crippen molar-refractivity contribution in [3.8, 4) is 5.75 Å².